The van der Waals surface area contributed by atoms with Gasteiger partial charge in [0, 0.05) is 18.8 Å². The normalized spacial score (nSPS) is 18.4. The van der Waals surface area contributed by atoms with Gasteiger partial charge < -0.3 is 20.2 Å². The molecule has 0 spiro atoms. The first-order valence-corrected chi connectivity index (χ1v) is 10.1. The van der Waals surface area contributed by atoms with E-state index in [0.717, 1.165) is 6.26 Å². The summed E-state index contributed by atoms with van der Waals surface area (Å²) in [5.74, 6) is -1.43. The SMILES string of the molecule is C[C@@H]1C(=O)N(c2nn(C)cc2NC(=O)c2coc(-c3ccnc(NCC(F)(F)F)c3)n2)C[C@H]1O. The van der Waals surface area contributed by atoms with E-state index in [9.17, 15) is 27.9 Å². The number of β-amino-alcohol motifs (C(OH)–C–C–N with tert-alkyl or cyclic N) is 1. The molecule has 0 unspecified atom stereocenters. The third-order valence-corrected chi connectivity index (χ3v) is 5.13. The number of aryl methyl sites for hydroxylation is 1. The van der Waals surface area contributed by atoms with Crippen LogP contribution in [0.15, 0.2) is 35.2 Å². The summed E-state index contributed by atoms with van der Waals surface area (Å²) in [6, 6.07) is 2.78. The number of halogens is 3. The average molecular weight is 479 g/mol. The predicted octanol–water partition coefficient (Wildman–Crippen LogP) is 2.04. The number of alkyl halides is 3. The van der Waals surface area contributed by atoms with Crippen LogP contribution >= 0.6 is 0 Å². The number of rotatable bonds is 6. The maximum Gasteiger partial charge on any atom is 0.405 e. The maximum absolute atomic E-state index is 12.8. The first-order valence-electron chi connectivity index (χ1n) is 10.1. The molecule has 4 heterocycles. The lowest BCUT2D eigenvalue weighted by molar-refractivity contribution is -0.121. The van der Waals surface area contributed by atoms with Crippen molar-refractivity contribution in [1.82, 2.24) is 19.7 Å². The number of amides is 2. The standard InChI is InChI=1S/C20H20F3N7O4/c1-10-14(31)7-30(19(10)33)16-12(6-29(2)28-16)26-17(32)13-8-34-18(27-13)11-3-4-24-15(5-11)25-9-20(21,22)23/h3-6,8,10,14,31H,7,9H2,1-2H3,(H,24,25)(H,26,32)/t10-,14+/m0/s1. The Morgan fingerprint density at radius 3 is 2.82 bits per heavy atom. The fraction of sp³-hybridized carbons (Fsp3) is 0.350. The molecule has 0 saturated carbocycles. The van der Waals surface area contributed by atoms with E-state index in [1.54, 1.807) is 14.0 Å². The van der Waals surface area contributed by atoms with Gasteiger partial charge in [-0.15, -0.1) is 0 Å². The Balaban J connectivity index is 1.50. The van der Waals surface area contributed by atoms with E-state index in [1.165, 1.54) is 34.1 Å². The Hall–Kier alpha value is -3.94. The number of oxazole rings is 1. The van der Waals surface area contributed by atoms with Gasteiger partial charge in [0.2, 0.25) is 11.8 Å². The molecule has 1 aliphatic rings. The summed E-state index contributed by atoms with van der Waals surface area (Å²) in [7, 11) is 1.61. The fourth-order valence-corrected chi connectivity index (χ4v) is 3.35. The van der Waals surface area contributed by atoms with Crippen molar-refractivity contribution < 1.29 is 32.3 Å². The Bertz CT molecular complexity index is 1220. The van der Waals surface area contributed by atoms with Crippen LogP contribution in [0.3, 0.4) is 0 Å². The van der Waals surface area contributed by atoms with Crippen LogP contribution in [0.2, 0.25) is 0 Å². The van der Waals surface area contributed by atoms with Crippen LogP contribution in [0.4, 0.5) is 30.5 Å². The zero-order valence-electron chi connectivity index (χ0n) is 18.0. The van der Waals surface area contributed by atoms with Gasteiger partial charge in [-0.1, -0.05) is 6.92 Å². The Morgan fingerprint density at radius 2 is 2.15 bits per heavy atom. The van der Waals surface area contributed by atoms with Crippen LogP contribution in [0.5, 0.6) is 0 Å². The quantitative estimate of drug-likeness (QED) is 0.488. The molecule has 34 heavy (non-hydrogen) atoms. The van der Waals surface area contributed by atoms with E-state index in [2.05, 4.69) is 25.7 Å². The molecule has 0 radical (unpaired) electrons. The molecule has 14 heteroatoms. The zero-order chi connectivity index (χ0) is 24.6. The van der Waals surface area contributed by atoms with Crippen molar-refractivity contribution in [3.63, 3.8) is 0 Å². The highest BCUT2D eigenvalue weighted by atomic mass is 19.4. The molecule has 11 nitrogen and oxygen atoms in total. The lowest BCUT2D eigenvalue weighted by atomic mass is 10.1. The first kappa shape index (κ1) is 23.2. The van der Waals surface area contributed by atoms with E-state index < -0.39 is 30.7 Å². The van der Waals surface area contributed by atoms with Crippen LogP contribution in [0, 0.1) is 5.92 Å². The first-order chi connectivity index (χ1) is 16.0. The van der Waals surface area contributed by atoms with E-state index in [-0.39, 0.29) is 41.4 Å². The Morgan fingerprint density at radius 1 is 1.38 bits per heavy atom. The predicted molar refractivity (Wildman–Crippen MR) is 113 cm³/mol. The van der Waals surface area contributed by atoms with E-state index in [0.29, 0.717) is 5.56 Å². The average Bonchev–Trinajstić information content (AvgIpc) is 3.47. The van der Waals surface area contributed by atoms with Crippen molar-refractivity contribution in [2.24, 2.45) is 13.0 Å². The molecule has 2 atom stereocenters. The molecule has 1 saturated heterocycles. The molecule has 1 aliphatic heterocycles. The molecule has 4 rings (SSSR count). The van der Waals surface area contributed by atoms with Gasteiger partial charge in [-0.25, -0.2) is 9.97 Å². The Kier molecular flexibility index (Phi) is 6.00. The molecule has 2 amide bonds. The molecule has 0 aromatic carbocycles. The fourth-order valence-electron chi connectivity index (χ4n) is 3.35. The maximum atomic E-state index is 12.8. The Labute approximate surface area is 190 Å². The summed E-state index contributed by atoms with van der Waals surface area (Å²) in [5, 5.41) is 19.0. The molecule has 3 N–H and O–H groups in total. The number of pyridine rings is 1. The number of aromatic nitrogens is 4. The summed E-state index contributed by atoms with van der Waals surface area (Å²) in [4.78, 5) is 34.4. The van der Waals surface area contributed by atoms with E-state index >= 15 is 0 Å². The monoisotopic (exact) mass is 479 g/mol. The van der Waals surface area contributed by atoms with Crippen LogP contribution in [-0.2, 0) is 11.8 Å². The molecule has 3 aromatic rings. The number of hydrogen-bond acceptors (Lipinski definition) is 8. The number of nitrogens with zero attached hydrogens (tertiary/aromatic N) is 5. The number of hydrogen-bond donors (Lipinski definition) is 3. The number of carbonyl (C=O) groups excluding carboxylic acids is 2. The van der Waals surface area contributed by atoms with Gasteiger partial charge in [0.1, 0.15) is 24.3 Å². The van der Waals surface area contributed by atoms with Crippen molar-refractivity contribution in [2.75, 3.05) is 28.6 Å². The van der Waals surface area contributed by atoms with Gasteiger partial charge in [-0.2, -0.15) is 18.3 Å². The van der Waals surface area contributed by atoms with E-state index in [1.807, 2.05) is 0 Å². The van der Waals surface area contributed by atoms with E-state index in [4.69, 9.17) is 4.42 Å². The van der Waals surface area contributed by atoms with Crippen LogP contribution in [0.25, 0.3) is 11.5 Å². The number of aliphatic hydroxyl groups excluding tert-OH is 1. The van der Waals surface area contributed by atoms with Crippen LogP contribution in [-0.4, -0.2) is 62.0 Å². The second kappa shape index (κ2) is 8.78. The summed E-state index contributed by atoms with van der Waals surface area (Å²) >= 11 is 0. The van der Waals surface area contributed by atoms with Crippen LogP contribution < -0.4 is 15.5 Å². The van der Waals surface area contributed by atoms with Crippen molar-refractivity contribution in [1.29, 1.82) is 0 Å². The molecule has 1 fully saturated rings. The topological polar surface area (TPSA) is 138 Å². The van der Waals surface area contributed by atoms with Gasteiger partial charge in [-0.3, -0.25) is 19.2 Å². The minimum absolute atomic E-state index is 0.000636. The third-order valence-electron chi connectivity index (χ3n) is 5.13. The largest absolute Gasteiger partial charge is 0.444 e. The van der Waals surface area contributed by atoms with Gasteiger partial charge in [0.25, 0.3) is 5.91 Å². The lowest BCUT2D eigenvalue weighted by Crippen LogP contribution is -2.28. The van der Waals surface area contributed by atoms with Crippen molar-refractivity contribution in [2.45, 2.75) is 19.2 Å². The smallest absolute Gasteiger partial charge is 0.405 e. The van der Waals surface area contributed by atoms with Crippen LogP contribution in [0.1, 0.15) is 17.4 Å². The number of anilines is 3. The second-order valence-electron chi connectivity index (χ2n) is 7.74. The van der Waals surface area contributed by atoms with Gasteiger partial charge in [-0.05, 0) is 12.1 Å². The van der Waals surface area contributed by atoms with Gasteiger partial charge in [0.05, 0.1) is 24.8 Å². The highest BCUT2D eigenvalue weighted by Crippen LogP contribution is 2.31. The summed E-state index contributed by atoms with van der Waals surface area (Å²) in [6.45, 7) is 0.389. The minimum atomic E-state index is -4.41. The number of carbonyl (C=O) groups is 2. The summed E-state index contributed by atoms with van der Waals surface area (Å²) in [6.07, 6.45) is -1.39. The molecular formula is C20H20F3N7O4. The van der Waals surface area contributed by atoms with Gasteiger partial charge in [0.15, 0.2) is 11.5 Å². The highest BCUT2D eigenvalue weighted by molar-refractivity contribution is 6.07. The lowest BCUT2D eigenvalue weighted by Gasteiger charge is -2.14. The molecular weight excluding hydrogens is 459 g/mol. The van der Waals surface area contributed by atoms with Crippen molar-refractivity contribution in [3.8, 4) is 11.5 Å². The molecule has 0 bridgehead atoms. The number of nitrogens with one attached hydrogen (secondary N) is 2. The third kappa shape index (κ3) is 4.85. The van der Waals surface area contributed by atoms with Crippen molar-refractivity contribution >= 4 is 29.1 Å². The minimum Gasteiger partial charge on any atom is -0.444 e. The van der Waals surface area contributed by atoms with Crippen molar-refractivity contribution in [3.05, 3.63) is 36.5 Å². The molecule has 180 valence electrons. The zero-order valence-corrected chi connectivity index (χ0v) is 18.0. The number of aliphatic hydroxyl groups is 1. The van der Waals surface area contributed by atoms with Gasteiger partial charge >= 0.3 is 6.18 Å². The summed E-state index contributed by atoms with van der Waals surface area (Å²) < 4.78 is 44.0. The summed E-state index contributed by atoms with van der Waals surface area (Å²) in [5.41, 5.74) is 0.438. The highest BCUT2D eigenvalue weighted by Gasteiger charge is 2.39. The molecule has 3 aromatic heterocycles. The second-order valence-corrected chi connectivity index (χ2v) is 7.74. The molecule has 0 aliphatic carbocycles.